The van der Waals surface area contributed by atoms with Crippen molar-refractivity contribution in [2.24, 2.45) is 0 Å². The summed E-state index contributed by atoms with van der Waals surface area (Å²) in [5.41, 5.74) is 0.642. The number of carbonyl (C=O) groups is 1. The zero-order valence-electron chi connectivity index (χ0n) is 12.0. The van der Waals surface area contributed by atoms with E-state index < -0.39 is 0 Å². The highest BCUT2D eigenvalue weighted by molar-refractivity contribution is 5.97. The minimum absolute atomic E-state index is 0.0706. The highest BCUT2D eigenvalue weighted by Gasteiger charge is 2.21. The van der Waals surface area contributed by atoms with Gasteiger partial charge in [0.05, 0.1) is 5.56 Å². The lowest BCUT2D eigenvalue weighted by Gasteiger charge is -2.27. The molecule has 3 heteroatoms. The van der Waals surface area contributed by atoms with E-state index in [2.05, 4.69) is 0 Å². The Morgan fingerprint density at radius 1 is 0.857 bits per heavy atom. The van der Waals surface area contributed by atoms with Gasteiger partial charge in [0.15, 0.2) is 0 Å². The summed E-state index contributed by atoms with van der Waals surface area (Å²) < 4.78 is 5.87. The molecule has 1 amide bonds. The third-order valence-corrected chi connectivity index (χ3v) is 3.73. The molecule has 0 radical (unpaired) electrons. The second kappa shape index (κ2) is 6.44. The Morgan fingerprint density at radius 3 is 2.29 bits per heavy atom. The summed E-state index contributed by atoms with van der Waals surface area (Å²) in [4.78, 5) is 14.6. The summed E-state index contributed by atoms with van der Waals surface area (Å²) in [5, 5.41) is 0. The molecule has 1 heterocycles. The van der Waals surface area contributed by atoms with Crippen molar-refractivity contribution in [2.75, 3.05) is 13.1 Å². The van der Waals surface area contributed by atoms with E-state index >= 15 is 0 Å². The Kier molecular flexibility index (Phi) is 4.20. The molecule has 108 valence electrons. The molecule has 1 saturated heterocycles. The first kappa shape index (κ1) is 13.7. The third kappa shape index (κ3) is 3.24. The van der Waals surface area contributed by atoms with Gasteiger partial charge in [-0.25, -0.2) is 0 Å². The quantitative estimate of drug-likeness (QED) is 0.847. The molecule has 0 spiro atoms. The second-order valence-electron chi connectivity index (χ2n) is 5.26. The number of rotatable bonds is 3. The third-order valence-electron chi connectivity index (χ3n) is 3.73. The molecule has 0 aromatic heterocycles. The molecular weight excluding hydrogens is 262 g/mol. The van der Waals surface area contributed by atoms with Gasteiger partial charge >= 0.3 is 0 Å². The Morgan fingerprint density at radius 2 is 1.52 bits per heavy atom. The predicted molar refractivity (Wildman–Crippen MR) is 82.7 cm³/mol. The number of para-hydroxylation sites is 2. The minimum Gasteiger partial charge on any atom is -0.457 e. The molecule has 1 fully saturated rings. The lowest BCUT2D eigenvalue weighted by atomic mass is 10.1. The van der Waals surface area contributed by atoms with E-state index in [1.807, 2.05) is 59.5 Å². The zero-order chi connectivity index (χ0) is 14.5. The van der Waals surface area contributed by atoms with E-state index in [4.69, 9.17) is 4.74 Å². The van der Waals surface area contributed by atoms with Crippen LogP contribution in [0.4, 0.5) is 0 Å². The predicted octanol–water partition coefficient (Wildman–Crippen LogP) is 4.11. The van der Waals surface area contributed by atoms with Gasteiger partial charge in [-0.2, -0.15) is 0 Å². The van der Waals surface area contributed by atoms with Crippen LogP contribution in [0.5, 0.6) is 11.5 Å². The van der Waals surface area contributed by atoms with Crippen molar-refractivity contribution in [1.82, 2.24) is 4.90 Å². The molecule has 1 aliphatic heterocycles. The van der Waals surface area contributed by atoms with Crippen molar-refractivity contribution in [2.45, 2.75) is 19.3 Å². The molecule has 3 rings (SSSR count). The Hall–Kier alpha value is -2.29. The SMILES string of the molecule is O=C(c1ccccc1Oc1ccccc1)N1CCCCC1. The topological polar surface area (TPSA) is 29.5 Å². The second-order valence-corrected chi connectivity index (χ2v) is 5.26. The standard InChI is InChI=1S/C18H19NO2/c20-18(19-13-7-2-8-14-19)16-11-5-6-12-17(16)21-15-9-3-1-4-10-15/h1,3-6,9-12H,2,7-8,13-14H2. The fourth-order valence-corrected chi connectivity index (χ4v) is 2.62. The zero-order valence-corrected chi connectivity index (χ0v) is 12.0. The van der Waals surface area contributed by atoms with Gasteiger partial charge < -0.3 is 9.64 Å². The molecular formula is C18H19NO2. The van der Waals surface area contributed by atoms with Gasteiger partial charge in [-0.15, -0.1) is 0 Å². The first-order chi connectivity index (χ1) is 10.3. The van der Waals surface area contributed by atoms with E-state index in [0.29, 0.717) is 11.3 Å². The molecule has 21 heavy (non-hydrogen) atoms. The highest BCUT2D eigenvalue weighted by atomic mass is 16.5. The van der Waals surface area contributed by atoms with Crippen molar-refractivity contribution in [3.05, 3.63) is 60.2 Å². The van der Waals surface area contributed by atoms with Crippen molar-refractivity contribution >= 4 is 5.91 Å². The molecule has 0 bridgehead atoms. The molecule has 0 aliphatic carbocycles. The number of benzene rings is 2. The normalized spacial score (nSPS) is 14.8. The van der Waals surface area contributed by atoms with Crippen LogP contribution in [0.25, 0.3) is 0 Å². The van der Waals surface area contributed by atoms with Crippen LogP contribution in [0.3, 0.4) is 0 Å². The highest BCUT2D eigenvalue weighted by Crippen LogP contribution is 2.26. The van der Waals surface area contributed by atoms with E-state index in [-0.39, 0.29) is 5.91 Å². The number of hydrogen-bond donors (Lipinski definition) is 0. The van der Waals surface area contributed by atoms with Crippen LogP contribution in [0.15, 0.2) is 54.6 Å². The summed E-state index contributed by atoms with van der Waals surface area (Å²) in [6.45, 7) is 1.69. The van der Waals surface area contributed by atoms with E-state index in [1.165, 1.54) is 6.42 Å². The summed E-state index contributed by atoms with van der Waals surface area (Å²) >= 11 is 0. The van der Waals surface area contributed by atoms with Crippen LogP contribution in [0.1, 0.15) is 29.6 Å². The van der Waals surface area contributed by atoms with Crippen LogP contribution in [-0.2, 0) is 0 Å². The average molecular weight is 281 g/mol. The number of nitrogens with zero attached hydrogens (tertiary/aromatic N) is 1. The number of hydrogen-bond acceptors (Lipinski definition) is 2. The van der Waals surface area contributed by atoms with Crippen molar-refractivity contribution in [3.63, 3.8) is 0 Å². The number of amides is 1. The van der Waals surface area contributed by atoms with Crippen molar-refractivity contribution in [3.8, 4) is 11.5 Å². The van der Waals surface area contributed by atoms with Gasteiger partial charge in [0.25, 0.3) is 5.91 Å². The summed E-state index contributed by atoms with van der Waals surface area (Å²) in [5.74, 6) is 1.44. The van der Waals surface area contributed by atoms with Crippen LogP contribution in [0.2, 0.25) is 0 Å². The van der Waals surface area contributed by atoms with Gasteiger partial charge in [-0.3, -0.25) is 4.79 Å². The van der Waals surface area contributed by atoms with Gasteiger partial charge in [-0.05, 0) is 43.5 Å². The molecule has 0 saturated carbocycles. The van der Waals surface area contributed by atoms with Gasteiger partial charge in [0.2, 0.25) is 0 Å². The Bertz CT molecular complexity index is 604. The minimum atomic E-state index is 0.0706. The fourth-order valence-electron chi connectivity index (χ4n) is 2.62. The van der Waals surface area contributed by atoms with Gasteiger partial charge in [-0.1, -0.05) is 30.3 Å². The van der Waals surface area contributed by atoms with Crippen LogP contribution < -0.4 is 4.74 Å². The fraction of sp³-hybridized carbons (Fsp3) is 0.278. The largest absolute Gasteiger partial charge is 0.457 e. The number of piperidine rings is 1. The number of likely N-dealkylation sites (tertiary alicyclic amines) is 1. The smallest absolute Gasteiger partial charge is 0.257 e. The first-order valence-electron chi connectivity index (χ1n) is 7.46. The van der Waals surface area contributed by atoms with Crippen LogP contribution in [0, 0.1) is 0 Å². The summed E-state index contributed by atoms with van der Waals surface area (Å²) in [7, 11) is 0. The van der Waals surface area contributed by atoms with Crippen molar-refractivity contribution < 1.29 is 9.53 Å². The number of ether oxygens (including phenoxy) is 1. The maximum Gasteiger partial charge on any atom is 0.257 e. The van der Waals surface area contributed by atoms with Crippen LogP contribution >= 0.6 is 0 Å². The summed E-state index contributed by atoms with van der Waals surface area (Å²) in [6, 6.07) is 17.0. The molecule has 0 atom stereocenters. The molecule has 0 N–H and O–H groups in total. The molecule has 1 aliphatic rings. The number of carbonyl (C=O) groups excluding carboxylic acids is 1. The average Bonchev–Trinajstić information content (AvgIpc) is 2.56. The van der Waals surface area contributed by atoms with E-state index in [9.17, 15) is 4.79 Å². The van der Waals surface area contributed by atoms with Crippen LogP contribution in [-0.4, -0.2) is 23.9 Å². The molecule has 3 nitrogen and oxygen atoms in total. The maximum atomic E-state index is 12.7. The lowest BCUT2D eigenvalue weighted by Crippen LogP contribution is -2.35. The first-order valence-corrected chi connectivity index (χ1v) is 7.46. The van der Waals surface area contributed by atoms with E-state index in [0.717, 1.165) is 31.7 Å². The summed E-state index contributed by atoms with van der Waals surface area (Å²) in [6.07, 6.45) is 3.40. The lowest BCUT2D eigenvalue weighted by molar-refractivity contribution is 0.0721. The maximum absolute atomic E-state index is 12.7. The Balaban J connectivity index is 1.83. The molecule has 0 unspecified atom stereocenters. The Labute approximate surface area is 125 Å². The molecule has 2 aromatic rings. The van der Waals surface area contributed by atoms with Gasteiger partial charge in [0, 0.05) is 13.1 Å². The van der Waals surface area contributed by atoms with E-state index in [1.54, 1.807) is 0 Å². The monoisotopic (exact) mass is 281 g/mol. The van der Waals surface area contributed by atoms with Crippen molar-refractivity contribution in [1.29, 1.82) is 0 Å². The molecule has 2 aromatic carbocycles. The van der Waals surface area contributed by atoms with Gasteiger partial charge in [0.1, 0.15) is 11.5 Å².